The maximum Gasteiger partial charge on any atom is 0.409 e. The lowest BCUT2D eigenvalue weighted by Gasteiger charge is -2.18. The first kappa shape index (κ1) is 10.8. The lowest BCUT2D eigenvalue weighted by Crippen LogP contribution is -2.31. The van der Waals surface area contributed by atoms with Crippen LogP contribution in [0.1, 0.15) is 19.8 Å². The Balaban J connectivity index is 2.39. The Bertz CT molecular complexity index is 229. The summed E-state index contributed by atoms with van der Waals surface area (Å²) in [6.07, 6.45) is 0.546. The van der Waals surface area contributed by atoms with Crippen LogP contribution in [-0.2, 0) is 9.53 Å². The monoisotopic (exact) mass is 201 g/mol. The lowest BCUT2D eigenvalue weighted by atomic mass is 10.0. The van der Waals surface area contributed by atoms with Gasteiger partial charge in [0.25, 0.3) is 0 Å². The fourth-order valence-electron chi connectivity index (χ4n) is 1.49. The minimum Gasteiger partial charge on any atom is -0.481 e. The number of aliphatic carboxylic acids is 1. The van der Waals surface area contributed by atoms with Gasteiger partial charge in [-0.25, -0.2) is 4.79 Å². The molecular weight excluding hydrogens is 186 g/mol. The standard InChI is InChI=1S/C9H15NO4/c1-2-7(5-8(11)12)6-10-3-4-14-9(10)13/h7H,2-6H2,1H3,(H,11,12). The third-order valence-electron chi connectivity index (χ3n) is 2.36. The van der Waals surface area contributed by atoms with E-state index in [4.69, 9.17) is 9.84 Å². The van der Waals surface area contributed by atoms with Crippen molar-refractivity contribution in [2.75, 3.05) is 19.7 Å². The number of carboxylic acids is 1. The average molecular weight is 201 g/mol. The summed E-state index contributed by atoms with van der Waals surface area (Å²) in [7, 11) is 0. The van der Waals surface area contributed by atoms with E-state index in [0.29, 0.717) is 19.7 Å². The molecule has 0 aromatic rings. The van der Waals surface area contributed by atoms with E-state index in [0.717, 1.165) is 6.42 Å². The van der Waals surface area contributed by atoms with Gasteiger partial charge >= 0.3 is 12.1 Å². The number of ether oxygens (including phenoxy) is 1. The fraction of sp³-hybridized carbons (Fsp3) is 0.778. The highest BCUT2D eigenvalue weighted by molar-refractivity contribution is 5.70. The van der Waals surface area contributed by atoms with Gasteiger partial charge in [-0.2, -0.15) is 0 Å². The summed E-state index contributed by atoms with van der Waals surface area (Å²) < 4.78 is 4.76. The SMILES string of the molecule is CCC(CC(=O)O)CN1CCOC1=O. The number of nitrogens with zero attached hydrogens (tertiary/aromatic N) is 1. The molecule has 0 aromatic heterocycles. The summed E-state index contributed by atoms with van der Waals surface area (Å²) in [6, 6.07) is 0. The predicted molar refractivity (Wildman–Crippen MR) is 49.0 cm³/mol. The van der Waals surface area contributed by atoms with Crippen LogP contribution in [0, 0.1) is 5.92 Å². The fourth-order valence-corrected chi connectivity index (χ4v) is 1.49. The van der Waals surface area contributed by atoms with E-state index in [1.807, 2.05) is 6.92 Å². The molecule has 1 aliphatic heterocycles. The zero-order valence-electron chi connectivity index (χ0n) is 8.23. The summed E-state index contributed by atoms with van der Waals surface area (Å²) in [5.74, 6) is -0.789. The van der Waals surface area contributed by atoms with Crippen molar-refractivity contribution in [3.05, 3.63) is 0 Å². The van der Waals surface area contributed by atoms with Crippen LogP contribution >= 0.6 is 0 Å². The van der Waals surface area contributed by atoms with Crippen molar-refractivity contribution in [1.82, 2.24) is 4.90 Å². The second kappa shape index (κ2) is 4.83. The molecule has 0 saturated carbocycles. The van der Waals surface area contributed by atoms with Crippen molar-refractivity contribution < 1.29 is 19.4 Å². The topological polar surface area (TPSA) is 66.8 Å². The Morgan fingerprint density at radius 2 is 2.43 bits per heavy atom. The first-order valence-electron chi connectivity index (χ1n) is 4.77. The zero-order chi connectivity index (χ0) is 10.6. The summed E-state index contributed by atoms with van der Waals surface area (Å²) in [4.78, 5) is 23.1. The van der Waals surface area contributed by atoms with Crippen LogP contribution in [0.4, 0.5) is 4.79 Å². The molecule has 1 N–H and O–H groups in total. The quantitative estimate of drug-likeness (QED) is 0.718. The van der Waals surface area contributed by atoms with Crippen LogP contribution in [0.25, 0.3) is 0 Å². The molecule has 0 spiro atoms. The number of carbonyl (C=O) groups is 2. The van der Waals surface area contributed by atoms with E-state index in [9.17, 15) is 9.59 Å². The van der Waals surface area contributed by atoms with E-state index >= 15 is 0 Å². The average Bonchev–Trinajstić information content (AvgIpc) is 2.50. The Kier molecular flexibility index (Phi) is 3.73. The third-order valence-corrected chi connectivity index (χ3v) is 2.36. The zero-order valence-corrected chi connectivity index (χ0v) is 8.23. The number of carbonyl (C=O) groups excluding carboxylic acids is 1. The first-order chi connectivity index (χ1) is 6.63. The Labute approximate surface area is 82.6 Å². The highest BCUT2D eigenvalue weighted by Gasteiger charge is 2.25. The van der Waals surface area contributed by atoms with Crippen LogP contribution in [0.5, 0.6) is 0 Å². The molecule has 1 unspecified atom stereocenters. The molecule has 1 amide bonds. The van der Waals surface area contributed by atoms with Gasteiger partial charge in [0, 0.05) is 13.0 Å². The molecule has 1 atom stereocenters. The molecule has 0 bridgehead atoms. The molecule has 14 heavy (non-hydrogen) atoms. The number of amides is 1. The van der Waals surface area contributed by atoms with Crippen molar-refractivity contribution in [3.8, 4) is 0 Å². The number of rotatable bonds is 5. The smallest absolute Gasteiger partial charge is 0.409 e. The summed E-state index contributed by atoms with van der Waals surface area (Å²) in [5, 5.41) is 8.62. The third kappa shape index (κ3) is 2.90. The molecule has 1 saturated heterocycles. The van der Waals surface area contributed by atoms with Gasteiger partial charge in [0.2, 0.25) is 0 Å². The largest absolute Gasteiger partial charge is 0.481 e. The molecule has 5 nitrogen and oxygen atoms in total. The van der Waals surface area contributed by atoms with Crippen LogP contribution in [0.2, 0.25) is 0 Å². The molecular formula is C9H15NO4. The predicted octanol–water partition coefficient (Wildman–Crippen LogP) is 0.940. The number of hydrogen-bond acceptors (Lipinski definition) is 3. The van der Waals surface area contributed by atoms with Crippen molar-refractivity contribution in [2.45, 2.75) is 19.8 Å². The molecule has 5 heteroatoms. The van der Waals surface area contributed by atoms with Crippen molar-refractivity contribution in [2.24, 2.45) is 5.92 Å². The van der Waals surface area contributed by atoms with Crippen LogP contribution in [0.15, 0.2) is 0 Å². The molecule has 0 radical (unpaired) electrons. The van der Waals surface area contributed by atoms with Gasteiger partial charge in [0.05, 0.1) is 6.54 Å². The van der Waals surface area contributed by atoms with Gasteiger partial charge in [-0.3, -0.25) is 4.79 Å². The van der Waals surface area contributed by atoms with Gasteiger partial charge in [-0.15, -0.1) is 0 Å². The number of cyclic esters (lactones) is 1. The molecule has 1 rings (SSSR count). The first-order valence-corrected chi connectivity index (χ1v) is 4.77. The van der Waals surface area contributed by atoms with E-state index in [1.165, 1.54) is 0 Å². The van der Waals surface area contributed by atoms with Gasteiger partial charge in [-0.05, 0) is 5.92 Å². The van der Waals surface area contributed by atoms with E-state index in [1.54, 1.807) is 4.90 Å². The van der Waals surface area contributed by atoms with E-state index < -0.39 is 5.97 Å². The van der Waals surface area contributed by atoms with Crippen molar-refractivity contribution in [3.63, 3.8) is 0 Å². The molecule has 0 aromatic carbocycles. The van der Waals surface area contributed by atoms with Gasteiger partial charge in [-0.1, -0.05) is 13.3 Å². The molecule has 1 aliphatic rings. The highest BCUT2D eigenvalue weighted by atomic mass is 16.6. The second-order valence-electron chi connectivity index (χ2n) is 3.43. The van der Waals surface area contributed by atoms with Crippen LogP contribution in [-0.4, -0.2) is 41.8 Å². The molecule has 1 fully saturated rings. The normalized spacial score (nSPS) is 18.1. The Hall–Kier alpha value is -1.26. The maximum atomic E-state index is 11.1. The Morgan fingerprint density at radius 1 is 1.71 bits per heavy atom. The van der Waals surface area contributed by atoms with Gasteiger partial charge in [0.15, 0.2) is 0 Å². The van der Waals surface area contributed by atoms with Crippen LogP contribution < -0.4 is 0 Å². The molecule has 80 valence electrons. The number of carboxylic acid groups (broad SMARTS) is 1. The lowest BCUT2D eigenvalue weighted by molar-refractivity contribution is -0.138. The minimum absolute atomic E-state index is 0.0261. The minimum atomic E-state index is -0.815. The van der Waals surface area contributed by atoms with E-state index in [-0.39, 0.29) is 18.4 Å². The maximum absolute atomic E-state index is 11.1. The van der Waals surface area contributed by atoms with Crippen LogP contribution in [0.3, 0.4) is 0 Å². The summed E-state index contributed by atoms with van der Waals surface area (Å²) >= 11 is 0. The Morgan fingerprint density at radius 3 is 2.86 bits per heavy atom. The van der Waals surface area contributed by atoms with Crippen molar-refractivity contribution >= 4 is 12.1 Å². The summed E-state index contributed by atoms with van der Waals surface area (Å²) in [6.45, 7) is 3.41. The summed E-state index contributed by atoms with van der Waals surface area (Å²) in [5.41, 5.74) is 0. The molecule has 0 aliphatic carbocycles. The van der Waals surface area contributed by atoms with Gasteiger partial charge in [0.1, 0.15) is 6.61 Å². The molecule has 1 heterocycles. The van der Waals surface area contributed by atoms with E-state index in [2.05, 4.69) is 0 Å². The van der Waals surface area contributed by atoms with Gasteiger partial charge < -0.3 is 14.7 Å². The second-order valence-corrected chi connectivity index (χ2v) is 3.43. The van der Waals surface area contributed by atoms with Crippen molar-refractivity contribution in [1.29, 1.82) is 0 Å². The number of hydrogen-bond donors (Lipinski definition) is 1. The highest BCUT2D eigenvalue weighted by Crippen LogP contribution is 2.13.